The first-order valence-electron chi connectivity index (χ1n) is 5.49. The number of benzene rings is 1. The molecule has 3 aromatic rings. The van der Waals surface area contributed by atoms with Crippen LogP contribution in [0.3, 0.4) is 0 Å². The summed E-state index contributed by atoms with van der Waals surface area (Å²) >= 11 is 0. The van der Waals surface area contributed by atoms with Crippen LogP contribution in [0.4, 0.5) is 0 Å². The molecule has 0 spiro atoms. The van der Waals surface area contributed by atoms with Crippen molar-refractivity contribution in [3.8, 4) is 22.9 Å². The first-order valence-corrected chi connectivity index (χ1v) is 5.49. The smallest absolute Gasteiger partial charge is 0.178 e. The SMILES string of the molecule is Cc1ccnc2nc(-c3cccc(O)c3O)[nH]c12. The van der Waals surface area contributed by atoms with E-state index in [2.05, 4.69) is 15.0 Å². The second-order valence-corrected chi connectivity index (χ2v) is 4.09. The van der Waals surface area contributed by atoms with Gasteiger partial charge in [0.2, 0.25) is 0 Å². The van der Waals surface area contributed by atoms with Gasteiger partial charge in [-0.3, -0.25) is 0 Å². The predicted octanol–water partition coefficient (Wildman–Crippen LogP) is 2.34. The van der Waals surface area contributed by atoms with Crippen LogP contribution in [0, 0.1) is 6.92 Å². The van der Waals surface area contributed by atoms with Crippen LogP contribution in [0.25, 0.3) is 22.6 Å². The summed E-state index contributed by atoms with van der Waals surface area (Å²) in [5, 5.41) is 19.3. The van der Waals surface area contributed by atoms with Crippen LogP contribution in [-0.2, 0) is 0 Å². The van der Waals surface area contributed by atoms with Gasteiger partial charge in [0.25, 0.3) is 0 Å². The van der Waals surface area contributed by atoms with Crippen molar-refractivity contribution >= 4 is 11.2 Å². The van der Waals surface area contributed by atoms with E-state index in [9.17, 15) is 10.2 Å². The highest BCUT2D eigenvalue weighted by Gasteiger charge is 2.13. The number of hydrogen-bond donors (Lipinski definition) is 3. The van der Waals surface area contributed by atoms with Crippen molar-refractivity contribution in [1.29, 1.82) is 0 Å². The van der Waals surface area contributed by atoms with Gasteiger partial charge in [-0.2, -0.15) is 0 Å². The molecule has 5 heteroatoms. The molecule has 18 heavy (non-hydrogen) atoms. The molecular formula is C13H11N3O2. The molecule has 0 aliphatic heterocycles. The number of pyridine rings is 1. The van der Waals surface area contributed by atoms with Crippen molar-refractivity contribution in [3.63, 3.8) is 0 Å². The summed E-state index contributed by atoms with van der Waals surface area (Å²) in [6.45, 7) is 1.95. The van der Waals surface area contributed by atoms with E-state index in [1.54, 1.807) is 18.3 Å². The minimum absolute atomic E-state index is 0.169. The van der Waals surface area contributed by atoms with Crippen LogP contribution in [0.5, 0.6) is 11.5 Å². The fraction of sp³-hybridized carbons (Fsp3) is 0.0769. The Morgan fingerprint density at radius 3 is 2.78 bits per heavy atom. The summed E-state index contributed by atoms with van der Waals surface area (Å²) in [6.07, 6.45) is 1.69. The molecule has 3 rings (SSSR count). The highest BCUT2D eigenvalue weighted by molar-refractivity contribution is 5.80. The summed E-state index contributed by atoms with van der Waals surface area (Å²) in [4.78, 5) is 11.6. The summed E-state index contributed by atoms with van der Waals surface area (Å²) in [5.74, 6) is 0.132. The van der Waals surface area contributed by atoms with E-state index in [-0.39, 0.29) is 11.5 Å². The average molecular weight is 241 g/mol. The standard InChI is InChI=1S/C13H11N3O2/c1-7-5-6-14-13-10(7)15-12(16-13)8-3-2-4-9(17)11(8)18/h2-6,17-18H,1H3,(H,14,15,16). The Kier molecular flexibility index (Phi) is 2.19. The normalized spacial score (nSPS) is 10.9. The second kappa shape index (κ2) is 3.73. The van der Waals surface area contributed by atoms with E-state index in [0.717, 1.165) is 11.1 Å². The third kappa shape index (κ3) is 1.48. The number of hydrogen-bond acceptors (Lipinski definition) is 4. The van der Waals surface area contributed by atoms with Gasteiger partial charge in [-0.25, -0.2) is 9.97 Å². The van der Waals surface area contributed by atoms with E-state index in [4.69, 9.17) is 0 Å². The van der Waals surface area contributed by atoms with Crippen LogP contribution in [0.2, 0.25) is 0 Å². The van der Waals surface area contributed by atoms with Crippen LogP contribution < -0.4 is 0 Å². The Balaban J connectivity index is 2.26. The molecule has 0 bridgehead atoms. The minimum atomic E-state index is -0.186. The number of aromatic amines is 1. The number of H-pyrrole nitrogens is 1. The summed E-state index contributed by atoms with van der Waals surface area (Å²) in [5.41, 5.74) is 2.90. The monoisotopic (exact) mass is 241 g/mol. The molecular weight excluding hydrogens is 230 g/mol. The largest absolute Gasteiger partial charge is 0.504 e. The first kappa shape index (κ1) is 10.6. The Labute approximate surface area is 103 Å². The molecule has 0 fully saturated rings. The van der Waals surface area contributed by atoms with E-state index in [0.29, 0.717) is 17.0 Å². The number of nitrogens with zero attached hydrogens (tertiary/aromatic N) is 2. The summed E-state index contributed by atoms with van der Waals surface area (Å²) < 4.78 is 0. The van der Waals surface area contributed by atoms with Gasteiger partial charge in [0.05, 0.1) is 11.1 Å². The van der Waals surface area contributed by atoms with Crippen LogP contribution in [-0.4, -0.2) is 25.2 Å². The number of aryl methyl sites for hydroxylation is 1. The molecule has 0 unspecified atom stereocenters. The molecule has 0 amide bonds. The third-order valence-electron chi connectivity index (χ3n) is 2.87. The van der Waals surface area contributed by atoms with Gasteiger partial charge in [0.1, 0.15) is 5.82 Å². The van der Waals surface area contributed by atoms with Gasteiger partial charge in [-0.15, -0.1) is 0 Å². The minimum Gasteiger partial charge on any atom is -0.504 e. The Morgan fingerprint density at radius 1 is 1.17 bits per heavy atom. The number of para-hydroxylation sites is 1. The van der Waals surface area contributed by atoms with Crippen molar-refractivity contribution in [3.05, 3.63) is 36.0 Å². The molecule has 0 aliphatic carbocycles. The fourth-order valence-corrected chi connectivity index (χ4v) is 1.89. The van der Waals surface area contributed by atoms with E-state index >= 15 is 0 Å². The van der Waals surface area contributed by atoms with Gasteiger partial charge in [0, 0.05) is 6.20 Å². The number of imidazole rings is 1. The van der Waals surface area contributed by atoms with E-state index in [1.165, 1.54) is 6.07 Å². The zero-order chi connectivity index (χ0) is 12.7. The maximum atomic E-state index is 9.82. The molecule has 0 saturated heterocycles. The second-order valence-electron chi connectivity index (χ2n) is 4.09. The van der Waals surface area contributed by atoms with Gasteiger partial charge >= 0.3 is 0 Å². The quantitative estimate of drug-likeness (QED) is 0.571. The lowest BCUT2D eigenvalue weighted by Gasteiger charge is -2.02. The molecule has 2 aromatic heterocycles. The molecule has 0 saturated carbocycles. The van der Waals surface area contributed by atoms with Crippen molar-refractivity contribution < 1.29 is 10.2 Å². The fourth-order valence-electron chi connectivity index (χ4n) is 1.89. The summed E-state index contributed by atoms with van der Waals surface area (Å²) in [7, 11) is 0. The number of phenolic OH excluding ortho intramolecular Hbond substituents is 2. The number of phenols is 2. The molecule has 3 N–H and O–H groups in total. The summed E-state index contributed by atoms with van der Waals surface area (Å²) in [6, 6.07) is 6.64. The van der Waals surface area contributed by atoms with Gasteiger partial charge < -0.3 is 15.2 Å². The molecule has 0 aliphatic rings. The molecule has 0 radical (unpaired) electrons. The number of aromatic nitrogens is 3. The third-order valence-corrected chi connectivity index (χ3v) is 2.87. The van der Waals surface area contributed by atoms with Gasteiger partial charge in [-0.1, -0.05) is 6.07 Å². The number of aromatic hydroxyl groups is 2. The maximum Gasteiger partial charge on any atom is 0.178 e. The zero-order valence-corrected chi connectivity index (χ0v) is 9.68. The predicted molar refractivity (Wildman–Crippen MR) is 67.4 cm³/mol. The van der Waals surface area contributed by atoms with Crippen molar-refractivity contribution in [1.82, 2.24) is 15.0 Å². The highest BCUT2D eigenvalue weighted by atomic mass is 16.3. The van der Waals surface area contributed by atoms with Crippen molar-refractivity contribution in [2.75, 3.05) is 0 Å². The van der Waals surface area contributed by atoms with Crippen LogP contribution >= 0.6 is 0 Å². The molecule has 0 atom stereocenters. The lowest BCUT2D eigenvalue weighted by Crippen LogP contribution is -1.81. The maximum absolute atomic E-state index is 9.82. The van der Waals surface area contributed by atoms with Crippen LogP contribution in [0.15, 0.2) is 30.5 Å². The first-order chi connectivity index (χ1) is 8.66. The number of nitrogens with one attached hydrogen (secondary N) is 1. The van der Waals surface area contributed by atoms with E-state index < -0.39 is 0 Å². The molecule has 2 heterocycles. The number of rotatable bonds is 1. The number of fused-ring (bicyclic) bond motifs is 1. The average Bonchev–Trinajstić information content (AvgIpc) is 2.78. The van der Waals surface area contributed by atoms with Crippen LogP contribution in [0.1, 0.15) is 5.56 Å². The zero-order valence-electron chi connectivity index (χ0n) is 9.68. The van der Waals surface area contributed by atoms with Gasteiger partial charge in [-0.05, 0) is 30.7 Å². The molecule has 1 aromatic carbocycles. The molecule has 5 nitrogen and oxygen atoms in total. The topological polar surface area (TPSA) is 82.0 Å². The lowest BCUT2D eigenvalue weighted by molar-refractivity contribution is 0.405. The Bertz CT molecular complexity index is 734. The van der Waals surface area contributed by atoms with E-state index in [1.807, 2.05) is 13.0 Å². The Morgan fingerprint density at radius 2 is 2.00 bits per heavy atom. The highest BCUT2D eigenvalue weighted by Crippen LogP contribution is 2.35. The lowest BCUT2D eigenvalue weighted by atomic mass is 10.2. The Hall–Kier alpha value is -2.56. The van der Waals surface area contributed by atoms with Crippen molar-refractivity contribution in [2.24, 2.45) is 0 Å². The van der Waals surface area contributed by atoms with Crippen molar-refractivity contribution in [2.45, 2.75) is 6.92 Å². The van der Waals surface area contributed by atoms with Gasteiger partial charge in [0.15, 0.2) is 17.1 Å². The molecule has 90 valence electrons.